The van der Waals surface area contributed by atoms with Crippen LogP contribution in [0.15, 0.2) is 27.4 Å². The van der Waals surface area contributed by atoms with Gasteiger partial charge in [0.2, 0.25) is 0 Å². The van der Waals surface area contributed by atoms with Gasteiger partial charge in [-0.3, -0.25) is 9.59 Å². The molecule has 0 aliphatic carbocycles. The minimum Gasteiger partial charge on any atom is -0.440 e. The second kappa shape index (κ2) is 9.12. The summed E-state index contributed by atoms with van der Waals surface area (Å²) < 4.78 is 15.6. The highest BCUT2D eigenvalue weighted by Gasteiger charge is 2.18. The maximum absolute atomic E-state index is 12.4. The van der Waals surface area contributed by atoms with E-state index in [1.54, 1.807) is 26.4 Å². The molecule has 1 aliphatic heterocycles. The number of hydrogen-bond donors (Lipinski definition) is 0. The molecule has 2 aromatic rings. The average molecular weight is 412 g/mol. The number of rotatable bonds is 3. The fourth-order valence-corrected chi connectivity index (χ4v) is 2.94. The summed E-state index contributed by atoms with van der Waals surface area (Å²) in [5.41, 5.74) is 1.66. The third kappa shape index (κ3) is 4.68. The zero-order valence-electron chi connectivity index (χ0n) is 14.6. The predicted octanol–water partition coefficient (Wildman–Crippen LogP) is 3.16. The molecule has 7 heteroatoms. The summed E-state index contributed by atoms with van der Waals surface area (Å²) in [5.74, 6) is 0.550. The minimum absolute atomic E-state index is 0.0296. The summed E-state index contributed by atoms with van der Waals surface area (Å²) in [6, 6.07) is 4.82. The van der Waals surface area contributed by atoms with Gasteiger partial charge in [-0.05, 0) is 19.1 Å². The second-order valence-electron chi connectivity index (χ2n) is 5.68. The number of morpholine rings is 1. The Balaban J connectivity index is 0.000000701. The maximum atomic E-state index is 12.4. The number of ether oxygens (including phenoxy) is 2. The van der Waals surface area contributed by atoms with E-state index in [1.807, 2.05) is 11.8 Å². The molecule has 1 aromatic carbocycles. The van der Waals surface area contributed by atoms with Crippen molar-refractivity contribution in [1.29, 1.82) is 0 Å². The molecule has 2 heterocycles. The van der Waals surface area contributed by atoms with Crippen molar-refractivity contribution in [2.24, 2.45) is 0 Å². The van der Waals surface area contributed by atoms with Crippen LogP contribution in [-0.2, 0) is 9.47 Å². The van der Waals surface area contributed by atoms with Crippen molar-refractivity contribution in [3.8, 4) is 0 Å². The van der Waals surface area contributed by atoms with Gasteiger partial charge in [-0.2, -0.15) is 0 Å². The van der Waals surface area contributed by atoms with Gasteiger partial charge < -0.3 is 18.8 Å². The van der Waals surface area contributed by atoms with E-state index in [2.05, 4.69) is 20.7 Å². The summed E-state index contributed by atoms with van der Waals surface area (Å²) in [7, 11) is 3.25. The van der Waals surface area contributed by atoms with E-state index >= 15 is 0 Å². The van der Waals surface area contributed by atoms with E-state index in [-0.39, 0.29) is 10.3 Å². The van der Waals surface area contributed by atoms with Gasteiger partial charge in [-0.1, -0.05) is 15.9 Å². The normalized spacial score (nSPS) is 15.4. The summed E-state index contributed by atoms with van der Waals surface area (Å²) in [5, 5.41) is 0.433. The number of benzene rings is 1. The summed E-state index contributed by atoms with van der Waals surface area (Å²) in [6.45, 7) is 4.56. The Hall–Kier alpha value is -1.70. The first-order chi connectivity index (χ1) is 12.0. The van der Waals surface area contributed by atoms with Crippen molar-refractivity contribution in [2.75, 3.05) is 45.4 Å². The van der Waals surface area contributed by atoms with Crippen molar-refractivity contribution in [2.45, 2.75) is 11.8 Å². The van der Waals surface area contributed by atoms with Gasteiger partial charge in [0.25, 0.3) is 0 Å². The minimum atomic E-state index is -0.138. The summed E-state index contributed by atoms with van der Waals surface area (Å²) >= 11 is 3.50. The Morgan fingerprint density at radius 2 is 1.88 bits per heavy atom. The zero-order valence-corrected chi connectivity index (χ0v) is 16.2. The van der Waals surface area contributed by atoms with Gasteiger partial charge in [-0.15, -0.1) is 0 Å². The topological polar surface area (TPSA) is 69.0 Å². The van der Waals surface area contributed by atoms with Crippen LogP contribution >= 0.6 is 15.9 Å². The quantitative estimate of drug-likeness (QED) is 0.570. The highest BCUT2D eigenvalue weighted by atomic mass is 79.9. The van der Waals surface area contributed by atoms with E-state index in [0.29, 0.717) is 48.7 Å². The number of alkyl halides is 1. The van der Waals surface area contributed by atoms with Crippen LogP contribution in [0.3, 0.4) is 0 Å². The number of anilines is 1. The Bertz CT molecular complexity index is 781. The van der Waals surface area contributed by atoms with Crippen LogP contribution in [0.2, 0.25) is 0 Å². The molecule has 0 N–H and O–H groups in total. The van der Waals surface area contributed by atoms with Gasteiger partial charge in [0.15, 0.2) is 11.3 Å². The van der Waals surface area contributed by atoms with Crippen molar-refractivity contribution in [3.05, 3.63) is 39.5 Å². The Labute approximate surface area is 154 Å². The first-order valence-electron chi connectivity index (χ1n) is 7.95. The SMILES string of the molecule is CC(Br)c1cc(C=O)cc2c(=O)cc(N3CCOCC3)oc12.COC. The number of aldehydes is 1. The number of carbonyl (C=O) groups is 1. The summed E-state index contributed by atoms with van der Waals surface area (Å²) in [6.07, 6.45) is 0.744. The monoisotopic (exact) mass is 411 g/mol. The molecular formula is C18H22BrNO5. The molecule has 1 atom stereocenters. The van der Waals surface area contributed by atoms with Crippen LogP contribution in [0.1, 0.15) is 27.7 Å². The molecule has 136 valence electrons. The van der Waals surface area contributed by atoms with E-state index < -0.39 is 0 Å². The smallest absolute Gasteiger partial charge is 0.200 e. The molecule has 25 heavy (non-hydrogen) atoms. The zero-order chi connectivity index (χ0) is 18.4. The van der Waals surface area contributed by atoms with Crippen LogP contribution in [0.5, 0.6) is 0 Å². The van der Waals surface area contributed by atoms with Gasteiger partial charge in [0.1, 0.15) is 11.9 Å². The summed E-state index contributed by atoms with van der Waals surface area (Å²) in [4.78, 5) is 25.5. The lowest BCUT2D eigenvalue weighted by molar-refractivity contribution is 0.112. The molecule has 0 bridgehead atoms. The molecule has 6 nitrogen and oxygen atoms in total. The van der Waals surface area contributed by atoms with E-state index in [4.69, 9.17) is 9.15 Å². The molecule has 1 aromatic heterocycles. The Morgan fingerprint density at radius 3 is 2.44 bits per heavy atom. The van der Waals surface area contributed by atoms with Crippen LogP contribution in [0.25, 0.3) is 11.0 Å². The first kappa shape index (κ1) is 19.6. The van der Waals surface area contributed by atoms with Gasteiger partial charge in [-0.25, -0.2) is 0 Å². The predicted molar refractivity (Wildman–Crippen MR) is 101 cm³/mol. The molecule has 1 aliphatic rings. The number of methoxy groups -OCH3 is 1. The lowest BCUT2D eigenvalue weighted by Gasteiger charge is -2.27. The molecular weight excluding hydrogens is 390 g/mol. The van der Waals surface area contributed by atoms with E-state index in [1.165, 1.54) is 6.07 Å². The van der Waals surface area contributed by atoms with Crippen molar-refractivity contribution in [3.63, 3.8) is 0 Å². The fourth-order valence-electron chi connectivity index (χ4n) is 2.60. The van der Waals surface area contributed by atoms with Crippen molar-refractivity contribution < 1.29 is 18.7 Å². The van der Waals surface area contributed by atoms with Crippen LogP contribution < -0.4 is 10.3 Å². The van der Waals surface area contributed by atoms with Crippen LogP contribution in [0, 0.1) is 0 Å². The number of halogens is 1. The fraction of sp³-hybridized carbons (Fsp3) is 0.444. The number of nitrogens with zero attached hydrogens (tertiary/aromatic N) is 1. The standard InChI is InChI=1S/C16H16BrNO4.C2H6O/c1-10(17)12-6-11(9-19)7-13-14(20)8-15(22-16(12)13)18-2-4-21-5-3-18;1-3-2/h6-10H,2-5H2,1H3;1-2H3. The molecule has 1 fully saturated rings. The average Bonchev–Trinajstić information content (AvgIpc) is 2.62. The maximum Gasteiger partial charge on any atom is 0.200 e. The van der Waals surface area contributed by atoms with Crippen LogP contribution in [-0.4, -0.2) is 46.8 Å². The molecule has 0 amide bonds. The van der Waals surface area contributed by atoms with Gasteiger partial charge in [0, 0.05) is 49.3 Å². The van der Waals surface area contributed by atoms with Crippen molar-refractivity contribution >= 4 is 39.1 Å². The van der Waals surface area contributed by atoms with Crippen molar-refractivity contribution in [1.82, 2.24) is 0 Å². The van der Waals surface area contributed by atoms with E-state index in [9.17, 15) is 9.59 Å². The Morgan fingerprint density at radius 1 is 1.24 bits per heavy atom. The third-order valence-corrected chi connectivity index (χ3v) is 4.25. The molecule has 0 radical (unpaired) electrons. The molecule has 1 saturated heterocycles. The number of hydrogen-bond acceptors (Lipinski definition) is 6. The van der Waals surface area contributed by atoms with Crippen LogP contribution in [0.4, 0.5) is 5.88 Å². The lowest BCUT2D eigenvalue weighted by atomic mass is 10.0. The van der Waals surface area contributed by atoms with E-state index in [0.717, 1.165) is 11.8 Å². The lowest BCUT2D eigenvalue weighted by Crippen LogP contribution is -2.36. The number of carbonyl (C=O) groups excluding carboxylic acids is 1. The van der Waals surface area contributed by atoms with Gasteiger partial charge in [0.05, 0.1) is 18.6 Å². The molecule has 1 unspecified atom stereocenters. The molecule has 0 saturated carbocycles. The highest BCUT2D eigenvalue weighted by molar-refractivity contribution is 9.09. The molecule has 3 rings (SSSR count). The molecule has 0 spiro atoms. The largest absolute Gasteiger partial charge is 0.440 e. The number of fused-ring (bicyclic) bond motifs is 1. The first-order valence-corrected chi connectivity index (χ1v) is 8.87. The third-order valence-electron chi connectivity index (χ3n) is 3.75. The highest BCUT2D eigenvalue weighted by Crippen LogP contribution is 2.31. The Kier molecular flexibility index (Phi) is 7.16. The van der Waals surface area contributed by atoms with Gasteiger partial charge >= 0.3 is 0 Å². The second-order valence-corrected chi connectivity index (χ2v) is 7.05.